The molecule has 0 unspecified atom stereocenters. The Hall–Kier alpha value is -2.60. The smallest absolute Gasteiger partial charge is 0.272 e. The van der Waals surface area contributed by atoms with Crippen molar-refractivity contribution >= 4 is 16.8 Å². The second kappa shape index (κ2) is 6.13. The first-order chi connectivity index (χ1) is 11.7. The number of nitrogens with one attached hydrogen (secondary N) is 4. The Morgan fingerprint density at radius 1 is 1.38 bits per heavy atom. The highest BCUT2D eigenvalue weighted by atomic mass is 16.1. The first-order valence-electron chi connectivity index (χ1n) is 8.34. The van der Waals surface area contributed by atoms with Gasteiger partial charge in [0.05, 0.1) is 0 Å². The van der Waals surface area contributed by atoms with Gasteiger partial charge in [0.25, 0.3) is 5.91 Å². The van der Waals surface area contributed by atoms with Crippen molar-refractivity contribution in [3.05, 3.63) is 52.5 Å². The molecule has 3 aromatic rings. The summed E-state index contributed by atoms with van der Waals surface area (Å²) in [4.78, 5) is 15.7. The van der Waals surface area contributed by atoms with E-state index in [-0.39, 0.29) is 5.91 Å². The van der Waals surface area contributed by atoms with Crippen LogP contribution in [0.25, 0.3) is 10.9 Å². The van der Waals surface area contributed by atoms with E-state index in [1.165, 1.54) is 16.5 Å². The molecule has 2 aromatic heterocycles. The van der Waals surface area contributed by atoms with Crippen LogP contribution in [0.5, 0.6) is 0 Å². The minimum Gasteiger partial charge on any atom is -0.361 e. The third-order valence-electron chi connectivity index (χ3n) is 4.70. The summed E-state index contributed by atoms with van der Waals surface area (Å²) in [5, 5.41) is 14.7. The molecule has 124 valence electrons. The zero-order chi connectivity index (χ0) is 16.5. The van der Waals surface area contributed by atoms with Crippen molar-refractivity contribution in [1.29, 1.82) is 0 Å². The summed E-state index contributed by atoms with van der Waals surface area (Å²) in [6.07, 6.45) is 3.72. The van der Waals surface area contributed by atoms with Crippen LogP contribution in [0.4, 0.5) is 0 Å². The van der Waals surface area contributed by atoms with Gasteiger partial charge < -0.3 is 15.6 Å². The average molecular weight is 323 g/mol. The van der Waals surface area contributed by atoms with Gasteiger partial charge in [-0.1, -0.05) is 12.1 Å². The fraction of sp³-hybridized carbons (Fsp3) is 0.333. The van der Waals surface area contributed by atoms with Crippen molar-refractivity contribution in [2.24, 2.45) is 0 Å². The molecule has 0 aliphatic carbocycles. The quantitative estimate of drug-likeness (QED) is 0.591. The van der Waals surface area contributed by atoms with Crippen LogP contribution in [0, 0.1) is 6.92 Å². The molecule has 24 heavy (non-hydrogen) atoms. The Bertz CT molecular complexity index is 892. The third-order valence-corrected chi connectivity index (χ3v) is 4.70. The van der Waals surface area contributed by atoms with Crippen LogP contribution in [-0.4, -0.2) is 34.2 Å². The number of H-pyrrole nitrogens is 2. The van der Waals surface area contributed by atoms with Crippen molar-refractivity contribution in [3.8, 4) is 0 Å². The van der Waals surface area contributed by atoms with E-state index in [4.69, 9.17) is 0 Å². The van der Waals surface area contributed by atoms with Crippen LogP contribution in [0.15, 0.2) is 24.4 Å². The van der Waals surface area contributed by atoms with Gasteiger partial charge in [0.1, 0.15) is 0 Å². The molecular formula is C18H21N5O. The average Bonchev–Trinajstić information content (AvgIpc) is 3.20. The number of fused-ring (bicyclic) bond motifs is 2. The summed E-state index contributed by atoms with van der Waals surface area (Å²) in [6, 6.07) is 6.24. The zero-order valence-electron chi connectivity index (χ0n) is 13.7. The van der Waals surface area contributed by atoms with Gasteiger partial charge >= 0.3 is 0 Å². The lowest BCUT2D eigenvalue weighted by Gasteiger charge is -2.12. The maximum atomic E-state index is 12.4. The molecular weight excluding hydrogens is 302 g/mol. The first-order valence-corrected chi connectivity index (χ1v) is 8.34. The van der Waals surface area contributed by atoms with Crippen LogP contribution in [0.2, 0.25) is 0 Å². The van der Waals surface area contributed by atoms with E-state index in [2.05, 4.69) is 50.9 Å². The van der Waals surface area contributed by atoms with E-state index in [9.17, 15) is 4.79 Å². The van der Waals surface area contributed by atoms with E-state index in [0.717, 1.165) is 36.2 Å². The van der Waals surface area contributed by atoms with Gasteiger partial charge in [0, 0.05) is 54.4 Å². The summed E-state index contributed by atoms with van der Waals surface area (Å²) in [7, 11) is 0. The number of carbonyl (C=O) groups excluding carboxylic acids is 1. The maximum absolute atomic E-state index is 12.4. The number of aromatic nitrogens is 3. The molecule has 1 amide bonds. The van der Waals surface area contributed by atoms with Gasteiger partial charge in [-0.25, -0.2) is 0 Å². The Balaban J connectivity index is 1.43. The van der Waals surface area contributed by atoms with Crippen molar-refractivity contribution in [2.45, 2.75) is 26.3 Å². The fourth-order valence-corrected chi connectivity index (χ4v) is 3.46. The largest absolute Gasteiger partial charge is 0.361 e. The van der Waals surface area contributed by atoms with Crippen LogP contribution >= 0.6 is 0 Å². The molecule has 1 aromatic carbocycles. The molecule has 0 bridgehead atoms. The van der Waals surface area contributed by atoms with E-state index in [0.29, 0.717) is 18.8 Å². The second-order valence-electron chi connectivity index (χ2n) is 6.27. The number of amides is 1. The molecule has 6 heteroatoms. The summed E-state index contributed by atoms with van der Waals surface area (Å²) >= 11 is 0. The molecule has 6 nitrogen and oxygen atoms in total. The SMILES string of the molecule is Cc1cccc2[nH]cc(CCNC(=O)c3n[nH]c4c3CNCC4)c12. The molecule has 1 aliphatic heterocycles. The first kappa shape index (κ1) is 15.0. The number of benzene rings is 1. The summed E-state index contributed by atoms with van der Waals surface area (Å²) in [5.41, 5.74) is 6.22. The predicted molar refractivity (Wildman–Crippen MR) is 93.1 cm³/mol. The van der Waals surface area contributed by atoms with Gasteiger partial charge in [-0.2, -0.15) is 5.10 Å². The lowest BCUT2D eigenvalue weighted by atomic mass is 10.1. The highest BCUT2D eigenvalue weighted by Gasteiger charge is 2.21. The Labute approximate surface area is 140 Å². The molecule has 1 aliphatic rings. The summed E-state index contributed by atoms with van der Waals surface area (Å²) < 4.78 is 0. The molecule has 0 atom stereocenters. The van der Waals surface area contributed by atoms with Gasteiger partial charge in [-0.3, -0.25) is 9.89 Å². The molecule has 0 saturated carbocycles. The van der Waals surface area contributed by atoms with Gasteiger partial charge in [0.2, 0.25) is 0 Å². The number of hydrogen-bond donors (Lipinski definition) is 4. The van der Waals surface area contributed by atoms with Gasteiger partial charge in [0.15, 0.2) is 5.69 Å². The topological polar surface area (TPSA) is 85.6 Å². The maximum Gasteiger partial charge on any atom is 0.272 e. The van der Waals surface area contributed by atoms with Crippen LogP contribution in [0.1, 0.15) is 32.9 Å². The number of carbonyl (C=O) groups is 1. The highest BCUT2D eigenvalue weighted by molar-refractivity contribution is 5.94. The van der Waals surface area contributed by atoms with E-state index >= 15 is 0 Å². The molecule has 0 saturated heterocycles. The molecule has 4 N–H and O–H groups in total. The molecule has 0 fully saturated rings. The van der Waals surface area contributed by atoms with E-state index in [1.54, 1.807) is 0 Å². The van der Waals surface area contributed by atoms with Crippen LogP contribution in [0.3, 0.4) is 0 Å². The Morgan fingerprint density at radius 3 is 3.21 bits per heavy atom. The van der Waals surface area contributed by atoms with Crippen molar-refractivity contribution in [2.75, 3.05) is 13.1 Å². The van der Waals surface area contributed by atoms with Crippen molar-refractivity contribution < 1.29 is 4.79 Å². The molecule has 0 radical (unpaired) electrons. The van der Waals surface area contributed by atoms with E-state index < -0.39 is 0 Å². The minimum atomic E-state index is -0.104. The second-order valence-corrected chi connectivity index (χ2v) is 6.27. The Morgan fingerprint density at radius 2 is 2.29 bits per heavy atom. The van der Waals surface area contributed by atoms with Gasteiger partial charge in [-0.15, -0.1) is 0 Å². The third kappa shape index (κ3) is 2.59. The highest BCUT2D eigenvalue weighted by Crippen LogP contribution is 2.22. The summed E-state index contributed by atoms with van der Waals surface area (Å²) in [6.45, 7) is 4.34. The molecule has 4 rings (SSSR count). The number of hydrogen-bond acceptors (Lipinski definition) is 3. The lowest BCUT2D eigenvalue weighted by Crippen LogP contribution is -2.29. The minimum absolute atomic E-state index is 0.104. The normalized spacial score (nSPS) is 13.9. The number of aryl methyl sites for hydroxylation is 1. The van der Waals surface area contributed by atoms with Crippen LogP contribution < -0.4 is 10.6 Å². The van der Waals surface area contributed by atoms with Crippen molar-refractivity contribution in [1.82, 2.24) is 25.8 Å². The monoisotopic (exact) mass is 323 g/mol. The fourth-order valence-electron chi connectivity index (χ4n) is 3.46. The Kier molecular flexibility index (Phi) is 3.82. The predicted octanol–water partition coefficient (Wildman–Crippen LogP) is 1.82. The molecule has 0 spiro atoms. The number of aromatic amines is 2. The standard InChI is InChI=1S/C18H21N5O/c1-11-3-2-4-15-16(11)12(9-21-15)5-8-20-18(24)17-13-10-19-7-6-14(13)22-23-17/h2-4,9,19,21H,5-8,10H2,1H3,(H,20,24)(H,22,23). The zero-order valence-corrected chi connectivity index (χ0v) is 13.7. The number of rotatable bonds is 4. The molecule has 3 heterocycles. The van der Waals surface area contributed by atoms with Gasteiger partial charge in [-0.05, 0) is 30.5 Å². The lowest BCUT2D eigenvalue weighted by molar-refractivity contribution is 0.0948. The van der Waals surface area contributed by atoms with E-state index in [1.807, 2.05) is 6.20 Å². The van der Waals surface area contributed by atoms with Crippen molar-refractivity contribution in [3.63, 3.8) is 0 Å². The summed E-state index contributed by atoms with van der Waals surface area (Å²) in [5.74, 6) is -0.104. The van der Waals surface area contributed by atoms with Crippen LogP contribution in [-0.2, 0) is 19.4 Å². The number of nitrogens with zero attached hydrogens (tertiary/aromatic N) is 1.